The number of carbonyl (C=O) groups is 2. The van der Waals surface area contributed by atoms with Crippen molar-refractivity contribution in [2.24, 2.45) is 0 Å². The molecule has 2 nitrogen and oxygen atoms in total. The highest BCUT2D eigenvalue weighted by atomic mass is 19.4. The van der Waals surface area contributed by atoms with Crippen LogP contribution in [0.3, 0.4) is 0 Å². The number of carbonyl (C=O) groups excluding carboxylic acids is 2. The van der Waals surface area contributed by atoms with Crippen molar-refractivity contribution < 1.29 is 35.9 Å². The van der Waals surface area contributed by atoms with Gasteiger partial charge in [0.1, 0.15) is 0 Å². The number of alkyl halides is 4. The zero-order valence-corrected chi connectivity index (χ0v) is 12.9. The molecule has 0 fully saturated rings. The minimum atomic E-state index is -6.13. The summed E-state index contributed by atoms with van der Waals surface area (Å²) in [5, 5.41) is 0. The highest BCUT2D eigenvalue weighted by Gasteiger charge is 2.66. The summed E-state index contributed by atoms with van der Waals surface area (Å²) in [6, 6.07) is 11.1. The molecule has 0 aliphatic rings. The van der Waals surface area contributed by atoms with Gasteiger partial charge >= 0.3 is 11.8 Å². The summed E-state index contributed by atoms with van der Waals surface area (Å²) in [4.78, 5) is 23.8. The molecule has 0 amide bonds. The van der Waals surface area contributed by atoms with Crippen LogP contribution in [0.5, 0.6) is 0 Å². The van der Waals surface area contributed by atoms with Crippen molar-refractivity contribution in [2.45, 2.75) is 11.8 Å². The lowest BCUT2D eigenvalue weighted by Gasteiger charge is -2.25. The van der Waals surface area contributed by atoms with E-state index in [4.69, 9.17) is 0 Å². The predicted octanol–water partition coefficient (Wildman–Crippen LogP) is 5.17. The van der Waals surface area contributed by atoms with Gasteiger partial charge in [-0.15, -0.1) is 0 Å². The normalized spacial score (nSPS) is 15.0. The molecule has 2 aromatic rings. The van der Waals surface area contributed by atoms with E-state index >= 15 is 0 Å². The molecule has 0 radical (unpaired) electrons. The van der Waals surface area contributed by atoms with E-state index in [-0.39, 0.29) is 0 Å². The van der Waals surface area contributed by atoms with E-state index in [1.54, 1.807) is 0 Å². The van der Waals surface area contributed by atoms with Gasteiger partial charge in [-0.1, -0.05) is 60.7 Å². The van der Waals surface area contributed by atoms with Gasteiger partial charge in [-0.05, 0) is 0 Å². The minimum absolute atomic E-state index is 0.503. The Hall–Kier alpha value is -2.90. The van der Waals surface area contributed by atoms with Gasteiger partial charge in [-0.3, -0.25) is 9.59 Å². The number of halogens is 6. The van der Waals surface area contributed by atoms with Crippen LogP contribution < -0.4 is 0 Å². The smallest absolute Gasteiger partial charge is 0.290 e. The first-order chi connectivity index (χ1) is 12.1. The molecule has 0 aliphatic carbocycles. The molecule has 0 aliphatic heterocycles. The van der Waals surface area contributed by atoms with Crippen LogP contribution in [0.2, 0.25) is 0 Å². The molecule has 1 atom stereocenters. The number of ketones is 2. The SMILES string of the molecule is O=C(/C(F)=C(/F)C(F)(C(=O)c1ccccc1)C(F)(F)F)c1ccccc1. The third-order valence-corrected chi connectivity index (χ3v) is 3.47. The Morgan fingerprint density at radius 2 is 1.12 bits per heavy atom. The molecule has 0 N–H and O–H groups in total. The van der Waals surface area contributed by atoms with E-state index in [2.05, 4.69) is 0 Å². The molecular formula is C18H10F6O2. The molecule has 0 saturated carbocycles. The molecule has 8 heteroatoms. The monoisotopic (exact) mass is 372 g/mol. The molecule has 2 rings (SSSR count). The molecule has 136 valence electrons. The number of Topliss-reactive ketones (excluding diaryl/α,β-unsaturated/α-hetero) is 2. The van der Waals surface area contributed by atoms with E-state index in [1.807, 2.05) is 0 Å². The zero-order chi connectivity index (χ0) is 19.5. The molecule has 0 aromatic heterocycles. The van der Waals surface area contributed by atoms with Crippen LogP contribution >= 0.6 is 0 Å². The Bertz CT molecular complexity index is 843. The van der Waals surface area contributed by atoms with Gasteiger partial charge in [0.25, 0.3) is 0 Å². The quantitative estimate of drug-likeness (QED) is 0.412. The van der Waals surface area contributed by atoms with Crippen LogP contribution in [-0.4, -0.2) is 23.4 Å². The summed E-state index contributed by atoms with van der Waals surface area (Å²) in [7, 11) is 0. The van der Waals surface area contributed by atoms with E-state index in [9.17, 15) is 35.9 Å². The van der Waals surface area contributed by atoms with Crippen molar-refractivity contribution in [2.75, 3.05) is 0 Å². The van der Waals surface area contributed by atoms with Gasteiger partial charge in [-0.25, -0.2) is 8.78 Å². The van der Waals surface area contributed by atoms with Crippen LogP contribution in [0.15, 0.2) is 72.3 Å². The van der Waals surface area contributed by atoms with Gasteiger partial charge in [0.2, 0.25) is 17.4 Å². The van der Waals surface area contributed by atoms with Crippen molar-refractivity contribution in [1.82, 2.24) is 0 Å². The average molecular weight is 372 g/mol. The van der Waals surface area contributed by atoms with E-state index < -0.39 is 46.2 Å². The van der Waals surface area contributed by atoms with Crippen molar-refractivity contribution in [3.63, 3.8) is 0 Å². The molecular weight excluding hydrogens is 362 g/mol. The lowest BCUT2D eigenvalue weighted by atomic mass is 9.91. The van der Waals surface area contributed by atoms with Gasteiger partial charge in [0, 0.05) is 11.1 Å². The van der Waals surface area contributed by atoms with Gasteiger partial charge in [-0.2, -0.15) is 17.6 Å². The maximum Gasteiger partial charge on any atom is 0.436 e. The van der Waals surface area contributed by atoms with Gasteiger partial charge < -0.3 is 0 Å². The van der Waals surface area contributed by atoms with E-state index in [0.717, 1.165) is 36.4 Å². The van der Waals surface area contributed by atoms with Crippen molar-refractivity contribution in [1.29, 1.82) is 0 Å². The first kappa shape index (κ1) is 19.4. The summed E-state index contributed by atoms with van der Waals surface area (Å²) in [6.07, 6.45) is -6.13. The number of benzene rings is 2. The second-order valence-electron chi connectivity index (χ2n) is 5.17. The Morgan fingerprint density at radius 1 is 0.692 bits per heavy atom. The maximum atomic E-state index is 14.6. The zero-order valence-electron chi connectivity index (χ0n) is 12.9. The first-order valence-corrected chi connectivity index (χ1v) is 7.11. The highest BCUT2D eigenvalue weighted by Crippen LogP contribution is 2.44. The molecule has 26 heavy (non-hydrogen) atoms. The summed E-state index contributed by atoms with van der Waals surface area (Å²) < 4.78 is 82.3. The lowest BCUT2D eigenvalue weighted by Crippen LogP contribution is -2.49. The topological polar surface area (TPSA) is 34.1 Å². The standard InChI is InChI=1S/C18H10F6O2/c19-13(14(25)11-7-3-1-4-8-11)15(20)17(21,18(22,23)24)16(26)12-9-5-2-6-10-12/h1-10H/b15-13-. The van der Waals surface area contributed by atoms with Crippen molar-refractivity contribution in [3.05, 3.63) is 83.4 Å². The van der Waals surface area contributed by atoms with E-state index in [1.165, 1.54) is 24.3 Å². The number of hydrogen-bond acceptors (Lipinski definition) is 2. The molecule has 0 saturated heterocycles. The number of rotatable bonds is 5. The summed E-state index contributed by atoms with van der Waals surface area (Å²) in [5.74, 6) is -9.93. The Balaban J connectivity index is 2.59. The van der Waals surface area contributed by atoms with Crippen molar-refractivity contribution in [3.8, 4) is 0 Å². The third-order valence-electron chi connectivity index (χ3n) is 3.47. The second kappa shape index (κ2) is 7.15. The number of hydrogen-bond donors (Lipinski definition) is 0. The van der Waals surface area contributed by atoms with Gasteiger partial charge in [0.15, 0.2) is 5.83 Å². The molecule has 0 bridgehead atoms. The average Bonchev–Trinajstić information content (AvgIpc) is 2.65. The summed E-state index contributed by atoms with van der Waals surface area (Å²) in [5.41, 5.74) is -6.66. The Labute approximate surface area is 143 Å². The van der Waals surface area contributed by atoms with Crippen molar-refractivity contribution >= 4 is 11.6 Å². The minimum Gasteiger partial charge on any atom is -0.290 e. The van der Waals surface area contributed by atoms with Crippen LogP contribution in [0, 0.1) is 0 Å². The second-order valence-corrected chi connectivity index (χ2v) is 5.17. The predicted molar refractivity (Wildman–Crippen MR) is 80.7 cm³/mol. The maximum absolute atomic E-state index is 14.6. The fraction of sp³-hybridized carbons (Fsp3) is 0.111. The van der Waals surface area contributed by atoms with Crippen LogP contribution in [0.4, 0.5) is 26.3 Å². The lowest BCUT2D eigenvalue weighted by molar-refractivity contribution is -0.202. The molecule has 1 unspecified atom stereocenters. The van der Waals surface area contributed by atoms with Crippen LogP contribution in [-0.2, 0) is 0 Å². The molecule has 0 heterocycles. The summed E-state index contributed by atoms with van der Waals surface area (Å²) >= 11 is 0. The highest BCUT2D eigenvalue weighted by molar-refractivity contribution is 6.10. The van der Waals surface area contributed by atoms with Gasteiger partial charge in [0.05, 0.1) is 0 Å². The third kappa shape index (κ3) is 3.40. The van der Waals surface area contributed by atoms with Crippen LogP contribution in [0.25, 0.3) is 0 Å². The molecule has 2 aromatic carbocycles. The Kier molecular flexibility index (Phi) is 5.34. The van der Waals surface area contributed by atoms with E-state index in [0.29, 0.717) is 0 Å². The summed E-state index contributed by atoms with van der Waals surface area (Å²) in [6.45, 7) is 0. The largest absolute Gasteiger partial charge is 0.436 e. The van der Waals surface area contributed by atoms with Crippen LogP contribution in [0.1, 0.15) is 20.7 Å². The molecule has 0 spiro atoms. The number of allylic oxidation sites excluding steroid dienone is 2. The fourth-order valence-corrected chi connectivity index (χ4v) is 2.11. The Morgan fingerprint density at radius 3 is 1.54 bits per heavy atom. The first-order valence-electron chi connectivity index (χ1n) is 7.11. The fourth-order valence-electron chi connectivity index (χ4n) is 2.11.